The number of hydrogen-bond donors (Lipinski definition) is 0. The Morgan fingerprint density at radius 3 is 2.62 bits per heavy atom. The third-order valence-electron chi connectivity index (χ3n) is 4.62. The van der Waals surface area contributed by atoms with E-state index in [1.165, 1.54) is 18.4 Å². The van der Waals surface area contributed by atoms with E-state index in [0.717, 1.165) is 12.8 Å². The van der Waals surface area contributed by atoms with Crippen LogP contribution < -0.4 is 10.4 Å². The molecule has 2 heterocycles. The van der Waals surface area contributed by atoms with Crippen molar-refractivity contribution < 1.29 is 28.5 Å². The molecular formula is C17H22N2O7. The molecule has 2 fully saturated rings. The molecule has 0 N–H and O–H groups in total. The van der Waals surface area contributed by atoms with E-state index in [0.29, 0.717) is 6.61 Å². The first-order valence-corrected chi connectivity index (χ1v) is 8.55. The number of carbonyl (C=O) groups is 2. The molecule has 26 heavy (non-hydrogen) atoms. The summed E-state index contributed by atoms with van der Waals surface area (Å²) in [7, 11) is 0. The van der Waals surface area contributed by atoms with E-state index < -0.39 is 41.5 Å². The van der Waals surface area contributed by atoms with E-state index in [9.17, 15) is 14.4 Å². The largest absolute Gasteiger partial charge is 0.478 e. The van der Waals surface area contributed by atoms with Gasteiger partial charge in [-0.1, -0.05) is 0 Å². The third kappa shape index (κ3) is 3.44. The number of nitrogens with zero attached hydrogens (tertiary/aromatic N) is 2. The lowest BCUT2D eigenvalue weighted by Crippen LogP contribution is -2.37. The first kappa shape index (κ1) is 18.4. The van der Waals surface area contributed by atoms with Gasteiger partial charge in [0.05, 0.1) is 12.0 Å². The molecule has 3 atom stereocenters. The van der Waals surface area contributed by atoms with Crippen LogP contribution in [0.4, 0.5) is 0 Å². The summed E-state index contributed by atoms with van der Waals surface area (Å²) in [6.07, 6.45) is 1.13. The van der Waals surface area contributed by atoms with Crippen molar-refractivity contribution >= 4 is 11.9 Å². The van der Waals surface area contributed by atoms with E-state index >= 15 is 0 Å². The van der Waals surface area contributed by atoms with E-state index in [4.69, 9.17) is 18.9 Å². The van der Waals surface area contributed by atoms with Gasteiger partial charge in [0.2, 0.25) is 5.88 Å². The minimum Gasteiger partial charge on any atom is -0.478 e. The number of aromatic nitrogens is 2. The van der Waals surface area contributed by atoms with Gasteiger partial charge in [-0.3, -0.25) is 14.2 Å². The molecule has 1 aromatic heterocycles. The molecule has 3 rings (SSSR count). The lowest BCUT2D eigenvalue weighted by atomic mass is 9.96. The Morgan fingerprint density at radius 1 is 1.35 bits per heavy atom. The van der Waals surface area contributed by atoms with Crippen molar-refractivity contribution in [2.24, 2.45) is 5.41 Å². The van der Waals surface area contributed by atoms with Crippen LogP contribution in [0.1, 0.15) is 39.8 Å². The highest BCUT2D eigenvalue weighted by atomic mass is 16.6. The van der Waals surface area contributed by atoms with Crippen LogP contribution in [0.5, 0.6) is 5.88 Å². The molecule has 0 aromatic carbocycles. The van der Waals surface area contributed by atoms with Crippen LogP contribution in [0, 0.1) is 5.41 Å². The van der Waals surface area contributed by atoms with E-state index in [2.05, 4.69) is 4.98 Å². The van der Waals surface area contributed by atoms with Crippen molar-refractivity contribution in [3.63, 3.8) is 0 Å². The van der Waals surface area contributed by atoms with Crippen molar-refractivity contribution in [1.82, 2.24) is 9.55 Å². The summed E-state index contributed by atoms with van der Waals surface area (Å²) >= 11 is 0. The topological polar surface area (TPSA) is 106 Å². The number of ether oxygens (including phenoxy) is 4. The molecule has 1 aliphatic heterocycles. The summed E-state index contributed by atoms with van der Waals surface area (Å²) in [5.41, 5.74) is -1.03. The Labute approximate surface area is 150 Å². The fourth-order valence-electron chi connectivity index (χ4n) is 3.40. The normalized spacial score (nSPS) is 25.7. The molecular weight excluding hydrogens is 344 g/mol. The van der Waals surface area contributed by atoms with Gasteiger partial charge in [-0.25, -0.2) is 4.79 Å². The van der Waals surface area contributed by atoms with E-state index in [1.807, 2.05) is 0 Å². The SMILES string of the molecule is CCOc1ccn([C@@H]2O[C@H](COC(C)=O)[C@@H](OC(C)=O)C23CC3)c(=O)n1. The van der Waals surface area contributed by atoms with Crippen LogP contribution in [0.15, 0.2) is 17.1 Å². The maximum atomic E-state index is 12.4. The van der Waals surface area contributed by atoms with Gasteiger partial charge >= 0.3 is 17.6 Å². The summed E-state index contributed by atoms with van der Waals surface area (Å²) in [6, 6.07) is 1.59. The van der Waals surface area contributed by atoms with Crippen molar-refractivity contribution in [3.8, 4) is 5.88 Å². The summed E-state index contributed by atoms with van der Waals surface area (Å²) < 4.78 is 23.1. The number of rotatable bonds is 6. The monoisotopic (exact) mass is 366 g/mol. The summed E-state index contributed by atoms with van der Waals surface area (Å²) in [5.74, 6) is -0.663. The van der Waals surface area contributed by atoms with Gasteiger partial charge in [-0.15, -0.1) is 0 Å². The van der Waals surface area contributed by atoms with Crippen molar-refractivity contribution in [1.29, 1.82) is 0 Å². The van der Waals surface area contributed by atoms with Crippen molar-refractivity contribution in [3.05, 3.63) is 22.7 Å². The molecule has 1 saturated carbocycles. The Hall–Kier alpha value is -2.42. The van der Waals surface area contributed by atoms with Crippen LogP contribution in [0.3, 0.4) is 0 Å². The molecule has 9 nitrogen and oxygen atoms in total. The van der Waals surface area contributed by atoms with Gasteiger partial charge in [0.15, 0.2) is 0 Å². The molecule has 9 heteroatoms. The highest BCUT2D eigenvalue weighted by Gasteiger charge is 2.66. The average Bonchev–Trinajstić information content (AvgIpc) is 3.30. The highest BCUT2D eigenvalue weighted by Crippen LogP contribution is 2.63. The van der Waals surface area contributed by atoms with Crippen LogP contribution in [-0.2, 0) is 23.8 Å². The van der Waals surface area contributed by atoms with Crippen LogP contribution in [0.2, 0.25) is 0 Å². The molecule has 1 spiro atoms. The second kappa shape index (κ2) is 7.06. The summed E-state index contributed by atoms with van der Waals surface area (Å²) in [4.78, 5) is 39.0. The summed E-state index contributed by atoms with van der Waals surface area (Å²) in [6.45, 7) is 4.76. The number of hydrogen-bond acceptors (Lipinski definition) is 8. The minimum atomic E-state index is -0.650. The molecule has 0 bridgehead atoms. The number of carbonyl (C=O) groups excluding carboxylic acids is 2. The smallest absolute Gasteiger partial charge is 0.352 e. The molecule has 1 aliphatic carbocycles. The molecule has 142 valence electrons. The molecule has 0 amide bonds. The van der Waals surface area contributed by atoms with Crippen LogP contribution in [0.25, 0.3) is 0 Å². The Morgan fingerprint density at radius 2 is 2.08 bits per heavy atom. The van der Waals surface area contributed by atoms with Crippen molar-refractivity contribution in [2.75, 3.05) is 13.2 Å². The fraction of sp³-hybridized carbons (Fsp3) is 0.647. The van der Waals surface area contributed by atoms with Crippen LogP contribution >= 0.6 is 0 Å². The van der Waals surface area contributed by atoms with Crippen molar-refractivity contribution in [2.45, 2.75) is 52.0 Å². The second-order valence-electron chi connectivity index (χ2n) is 6.48. The lowest BCUT2D eigenvalue weighted by Gasteiger charge is -2.23. The maximum absolute atomic E-state index is 12.4. The maximum Gasteiger partial charge on any atom is 0.352 e. The Balaban J connectivity index is 1.89. The fourth-order valence-corrected chi connectivity index (χ4v) is 3.40. The predicted molar refractivity (Wildman–Crippen MR) is 87.4 cm³/mol. The molecule has 1 saturated heterocycles. The molecule has 2 aliphatic rings. The quantitative estimate of drug-likeness (QED) is 0.681. The highest BCUT2D eigenvalue weighted by molar-refractivity contribution is 5.67. The van der Waals surface area contributed by atoms with Gasteiger partial charge in [-0.05, 0) is 19.8 Å². The van der Waals surface area contributed by atoms with E-state index in [1.54, 1.807) is 19.2 Å². The zero-order valence-corrected chi connectivity index (χ0v) is 15.0. The van der Waals surface area contributed by atoms with Gasteiger partial charge < -0.3 is 18.9 Å². The van der Waals surface area contributed by atoms with Gasteiger partial charge in [0.1, 0.15) is 25.0 Å². The summed E-state index contributed by atoms with van der Waals surface area (Å²) in [5, 5.41) is 0. The lowest BCUT2D eigenvalue weighted by molar-refractivity contribution is -0.156. The predicted octanol–water partition coefficient (Wildman–Crippen LogP) is 0.814. The average molecular weight is 366 g/mol. The van der Waals surface area contributed by atoms with Gasteiger partial charge in [0, 0.05) is 26.1 Å². The third-order valence-corrected chi connectivity index (χ3v) is 4.62. The molecule has 1 aromatic rings. The zero-order chi connectivity index (χ0) is 18.9. The van der Waals surface area contributed by atoms with E-state index in [-0.39, 0.29) is 12.5 Å². The minimum absolute atomic E-state index is 0.0509. The standard InChI is InChI=1S/C17H22N2O7/c1-4-23-13-5-8-19(16(22)18-13)15-17(6-7-17)14(25-11(3)21)12(26-15)9-24-10(2)20/h5,8,12,14-15H,4,6-7,9H2,1-3H3/t12-,14-,15-/m1/s1. The first-order valence-electron chi connectivity index (χ1n) is 8.55. The molecule has 0 radical (unpaired) electrons. The van der Waals surface area contributed by atoms with Crippen LogP contribution in [-0.4, -0.2) is 46.9 Å². The Bertz CT molecular complexity index is 756. The number of esters is 2. The van der Waals surface area contributed by atoms with Gasteiger partial charge in [0.25, 0.3) is 0 Å². The molecule has 0 unspecified atom stereocenters. The first-order chi connectivity index (χ1) is 12.4. The Kier molecular flexibility index (Phi) is 4.99. The zero-order valence-electron chi connectivity index (χ0n) is 15.0. The second-order valence-corrected chi connectivity index (χ2v) is 6.48. The van der Waals surface area contributed by atoms with Gasteiger partial charge in [-0.2, -0.15) is 4.98 Å².